The highest BCUT2D eigenvalue weighted by atomic mass is 16.5. The largest absolute Gasteiger partial charge is 0.463 e. The van der Waals surface area contributed by atoms with Gasteiger partial charge in [-0.2, -0.15) is 0 Å². The molecule has 3 heterocycles. The van der Waals surface area contributed by atoms with Crippen LogP contribution in [0.5, 0.6) is 6.01 Å². The number of aryl methyl sites for hydroxylation is 1. The molecule has 0 radical (unpaired) electrons. The Balaban J connectivity index is 1.49. The number of pyridine rings is 1. The van der Waals surface area contributed by atoms with Crippen LogP contribution < -0.4 is 4.74 Å². The monoisotopic (exact) mass is 298 g/mol. The van der Waals surface area contributed by atoms with Crippen LogP contribution in [0.3, 0.4) is 0 Å². The van der Waals surface area contributed by atoms with Gasteiger partial charge >= 0.3 is 6.01 Å². The first-order valence-electron chi connectivity index (χ1n) is 7.83. The average molecular weight is 298 g/mol. The normalized spacial score (nSPS) is 19.0. The van der Waals surface area contributed by atoms with Gasteiger partial charge in [-0.1, -0.05) is 6.07 Å². The third-order valence-corrected chi connectivity index (χ3v) is 3.92. The van der Waals surface area contributed by atoms with E-state index < -0.39 is 0 Å². The Morgan fingerprint density at radius 1 is 1.23 bits per heavy atom. The van der Waals surface area contributed by atoms with E-state index >= 15 is 0 Å². The third kappa shape index (κ3) is 4.24. The molecule has 116 valence electrons. The van der Waals surface area contributed by atoms with E-state index in [2.05, 4.69) is 25.9 Å². The van der Waals surface area contributed by atoms with Gasteiger partial charge in [-0.05, 0) is 44.0 Å². The molecular formula is C17H22N4O. The minimum Gasteiger partial charge on any atom is -0.463 e. The summed E-state index contributed by atoms with van der Waals surface area (Å²) < 4.78 is 5.73. The van der Waals surface area contributed by atoms with Gasteiger partial charge in [0.1, 0.15) is 0 Å². The average Bonchev–Trinajstić information content (AvgIpc) is 2.56. The van der Waals surface area contributed by atoms with Crippen molar-refractivity contribution in [2.45, 2.75) is 26.3 Å². The van der Waals surface area contributed by atoms with E-state index in [1.54, 1.807) is 12.4 Å². The molecule has 1 fully saturated rings. The highest BCUT2D eigenvalue weighted by Crippen LogP contribution is 2.18. The van der Waals surface area contributed by atoms with E-state index in [0.717, 1.165) is 30.9 Å². The number of rotatable bonds is 5. The van der Waals surface area contributed by atoms with Gasteiger partial charge in [0.15, 0.2) is 0 Å². The van der Waals surface area contributed by atoms with Gasteiger partial charge in [0.05, 0.1) is 12.3 Å². The maximum Gasteiger partial charge on any atom is 0.316 e. The molecule has 5 nitrogen and oxygen atoms in total. The fourth-order valence-electron chi connectivity index (χ4n) is 2.80. The number of nitrogens with zero attached hydrogens (tertiary/aromatic N) is 4. The minimum absolute atomic E-state index is 0.479. The molecule has 0 N–H and O–H groups in total. The summed E-state index contributed by atoms with van der Waals surface area (Å²) in [7, 11) is 0. The van der Waals surface area contributed by atoms with Crippen molar-refractivity contribution in [2.75, 3.05) is 19.7 Å². The van der Waals surface area contributed by atoms with Crippen molar-refractivity contribution in [3.05, 3.63) is 48.0 Å². The highest BCUT2D eigenvalue weighted by molar-refractivity contribution is 5.05. The summed E-state index contributed by atoms with van der Waals surface area (Å²) in [5, 5.41) is 0. The van der Waals surface area contributed by atoms with Gasteiger partial charge in [-0.3, -0.25) is 9.88 Å². The minimum atomic E-state index is 0.479. The van der Waals surface area contributed by atoms with Crippen LogP contribution in [0.2, 0.25) is 0 Å². The molecule has 3 rings (SSSR count). The summed E-state index contributed by atoms with van der Waals surface area (Å²) in [6, 6.07) is 6.56. The lowest BCUT2D eigenvalue weighted by Gasteiger charge is -2.32. The predicted octanol–water partition coefficient (Wildman–Crippen LogP) is 2.47. The summed E-state index contributed by atoms with van der Waals surface area (Å²) in [6.07, 6.45) is 7.84. The summed E-state index contributed by atoms with van der Waals surface area (Å²) in [5.74, 6) is 0.530. The molecule has 5 heteroatoms. The maximum absolute atomic E-state index is 5.73. The Morgan fingerprint density at radius 2 is 2.09 bits per heavy atom. The molecule has 0 bridgehead atoms. The van der Waals surface area contributed by atoms with E-state index in [4.69, 9.17) is 4.74 Å². The quantitative estimate of drug-likeness (QED) is 0.849. The smallest absolute Gasteiger partial charge is 0.316 e. The summed E-state index contributed by atoms with van der Waals surface area (Å²) in [6.45, 7) is 5.75. The molecule has 0 saturated carbocycles. The van der Waals surface area contributed by atoms with Crippen LogP contribution in [0.1, 0.15) is 24.1 Å². The Hall–Kier alpha value is -2.01. The zero-order valence-electron chi connectivity index (χ0n) is 13.0. The van der Waals surface area contributed by atoms with E-state index in [9.17, 15) is 0 Å². The van der Waals surface area contributed by atoms with Crippen LogP contribution in [0.25, 0.3) is 0 Å². The van der Waals surface area contributed by atoms with E-state index in [0.29, 0.717) is 18.5 Å². The number of aromatic nitrogens is 3. The second-order valence-electron chi connectivity index (χ2n) is 5.92. The molecule has 2 aromatic heterocycles. The number of likely N-dealkylation sites (tertiary alicyclic amines) is 1. The van der Waals surface area contributed by atoms with Gasteiger partial charge in [-0.25, -0.2) is 9.97 Å². The van der Waals surface area contributed by atoms with Crippen LogP contribution in [0.4, 0.5) is 0 Å². The summed E-state index contributed by atoms with van der Waals surface area (Å²) in [5.41, 5.74) is 2.18. The van der Waals surface area contributed by atoms with Gasteiger partial charge in [0, 0.05) is 37.6 Å². The molecule has 0 spiro atoms. The van der Waals surface area contributed by atoms with Gasteiger partial charge in [-0.15, -0.1) is 0 Å². The molecule has 1 aliphatic heterocycles. The Kier molecular flexibility index (Phi) is 4.96. The molecule has 1 atom stereocenters. The van der Waals surface area contributed by atoms with Crippen molar-refractivity contribution in [1.29, 1.82) is 0 Å². The number of ether oxygens (including phenoxy) is 1. The molecular weight excluding hydrogens is 276 g/mol. The fourth-order valence-corrected chi connectivity index (χ4v) is 2.80. The Labute approximate surface area is 131 Å². The van der Waals surface area contributed by atoms with Gasteiger partial charge in [0.2, 0.25) is 0 Å². The second kappa shape index (κ2) is 7.31. The number of hydrogen-bond donors (Lipinski definition) is 0. The van der Waals surface area contributed by atoms with E-state index in [-0.39, 0.29) is 0 Å². The predicted molar refractivity (Wildman–Crippen MR) is 84.5 cm³/mol. The van der Waals surface area contributed by atoms with Crippen molar-refractivity contribution in [2.24, 2.45) is 5.92 Å². The van der Waals surface area contributed by atoms with Crippen LogP contribution in [0, 0.1) is 12.8 Å². The van der Waals surface area contributed by atoms with Crippen molar-refractivity contribution in [1.82, 2.24) is 19.9 Å². The van der Waals surface area contributed by atoms with Crippen LogP contribution in [-0.2, 0) is 6.54 Å². The second-order valence-corrected chi connectivity index (χ2v) is 5.92. The molecule has 1 unspecified atom stereocenters. The standard InChI is InChI=1S/C17H22N4O/c1-14-9-19-17(20-10-14)22-13-15-5-4-8-21(11-15)12-16-6-2-3-7-18-16/h2-3,6-7,9-10,15H,4-5,8,11-13H2,1H3. The highest BCUT2D eigenvalue weighted by Gasteiger charge is 2.21. The van der Waals surface area contributed by atoms with Gasteiger partial charge < -0.3 is 4.74 Å². The van der Waals surface area contributed by atoms with Crippen LogP contribution >= 0.6 is 0 Å². The Morgan fingerprint density at radius 3 is 2.86 bits per heavy atom. The fraction of sp³-hybridized carbons (Fsp3) is 0.471. The molecule has 2 aromatic rings. The molecule has 1 saturated heterocycles. The topological polar surface area (TPSA) is 51.1 Å². The van der Waals surface area contributed by atoms with E-state index in [1.165, 1.54) is 12.8 Å². The molecule has 22 heavy (non-hydrogen) atoms. The lowest BCUT2D eigenvalue weighted by Crippen LogP contribution is -2.37. The maximum atomic E-state index is 5.73. The molecule has 0 amide bonds. The number of hydrogen-bond acceptors (Lipinski definition) is 5. The third-order valence-electron chi connectivity index (χ3n) is 3.92. The van der Waals surface area contributed by atoms with E-state index in [1.807, 2.05) is 25.3 Å². The van der Waals surface area contributed by atoms with Crippen LogP contribution in [-0.4, -0.2) is 39.5 Å². The van der Waals surface area contributed by atoms with Crippen molar-refractivity contribution >= 4 is 0 Å². The lowest BCUT2D eigenvalue weighted by atomic mass is 9.99. The summed E-state index contributed by atoms with van der Waals surface area (Å²) in [4.78, 5) is 15.2. The van der Waals surface area contributed by atoms with Crippen molar-refractivity contribution < 1.29 is 4.74 Å². The molecule has 0 aliphatic carbocycles. The first kappa shape index (κ1) is 14.9. The zero-order chi connectivity index (χ0) is 15.2. The zero-order valence-corrected chi connectivity index (χ0v) is 13.0. The number of piperidine rings is 1. The lowest BCUT2D eigenvalue weighted by molar-refractivity contribution is 0.120. The summed E-state index contributed by atoms with van der Waals surface area (Å²) >= 11 is 0. The Bertz CT molecular complexity index is 573. The SMILES string of the molecule is Cc1cnc(OCC2CCCN(Cc3ccccn3)C2)nc1. The molecule has 1 aliphatic rings. The van der Waals surface area contributed by atoms with Crippen molar-refractivity contribution in [3.63, 3.8) is 0 Å². The van der Waals surface area contributed by atoms with Crippen molar-refractivity contribution in [3.8, 4) is 6.01 Å². The first-order chi connectivity index (χ1) is 10.8. The molecule has 0 aromatic carbocycles. The first-order valence-corrected chi connectivity index (χ1v) is 7.83. The van der Waals surface area contributed by atoms with Crippen LogP contribution in [0.15, 0.2) is 36.8 Å². The van der Waals surface area contributed by atoms with Gasteiger partial charge in [0.25, 0.3) is 0 Å².